The average Bonchev–Trinajstić information content (AvgIpc) is 3.36. The molecule has 0 bridgehead atoms. The first-order chi connectivity index (χ1) is 15.8. The molecule has 1 aliphatic heterocycles. The van der Waals surface area contributed by atoms with Crippen molar-refractivity contribution < 1.29 is 19.8 Å². The van der Waals surface area contributed by atoms with Gasteiger partial charge in [0.15, 0.2) is 5.72 Å². The molecule has 8 nitrogen and oxygen atoms in total. The fourth-order valence-electron chi connectivity index (χ4n) is 4.47. The van der Waals surface area contributed by atoms with E-state index in [0.717, 1.165) is 10.5 Å². The van der Waals surface area contributed by atoms with Gasteiger partial charge >= 0.3 is 6.09 Å². The predicted molar refractivity (Wildman–Crippen MR) is 123 cm³/mol. The third-order valence-electron chi connectivity index (χ3n) is 6.25. The van der Waals surface area contributed by atoms with Crippen molar-refractivity contribution in [2.75, 3.05) is 11.9 Å². The lowest BCUT2D eigenvalue weighted by molar-refractivity contribution is -0.0676. The van der Waals surface area contributed by atoms with Crippen LogP contribution in [-0.2, 0) is 5.72 Å². The number of aliphatic hydroxyl groups is 1. The molecule has 1 aromatic heterocycles. The van der Waals surface area contributed by atoms with Crippen LogP contribution in [0.2, 0.25) is 0 Å². The first-order valence-corrected chi connectivity index (χ1v) is 10.5. The van der Waals surface area contributed by atoms with Gasteiger partial charge < -0.3 is 15.2 Å². The number of benzene rings is 3. The van der Waals surface area contributed by atoms with Crippen LogP contribution in [0.3, 0.4) is 0 Å². The summed E-state index contributed by atoms with van der Waals surface area (Å²) in [6.45, 7) is 1.89. The topological polar surface area (TPSA) is 110 Å². The van der Waals surface area contributed by atoms with Crippen molar-refractivity contribution in [2.45, 2.75) is 18.7 Å². The van der Waals surface area contributed by atoms with Gasteiger partial charge in [-0.25, -0.2) is 9.78 Å². The van der Waals surface area contributed by atoms with Crippen LogP contribution in [0.4, 0.5) is 10.7 Å². The number of imidazole rings is 1. The van der Waals surface area contributed by atoms with Crippen LogP contribution >= 0.6 is 0 Å². The van der Waals surface area contributed by atoms with Crippen molar-refractivity contribution in [2.24, 2.45) is 0 Å². The molecule has 1 unspecified atom stereocenters. The average molecular weight is 442 g/mol. The molecule has 0 spiro atoms. The van der Waals surface area contributed by atoms with E-state index in [9.17, 15) is 19.8 Å². The molecule has 3 N–H and O–H groups in total. The number of rotatable bonds is 4. The quantitative estimate of drug-likeness (QED) is 0.441. The van der Waals surface area contributed by atoms with Gasteiger partial charge in [0.05, 0.1) is 17.1 Å². The van der Waals surface area contributed by atoms with Crippen LogP contribution in [-0.4, -0.2) is 44.1 Å². The number of amides is 2. The molecule has 2 amide bonds. The molecule has 0 fully saturated rings. The van der Waals surface area contributed by atoms with Gasteiger partial charge in [-0.05, 0) is 30.7 Å². The van der Waals surface area contributed by atoms with E-state index in [1.807, 2.05) is 37.3 Å². The van der Waals surface area contributed by atoms with Crippen LogP contribution < -0.4 is 4.90 Å². The van der Waals surface area contributed by atoms with Gasteiger partial charge in [0.2, 0.25) is 5.95 Å². The normalized spacial score (nSPS) is 18.4. The Balaban J connectivity index is 1.68. The Bertz CT molecular complexity index is 1380. The molecule has 5 rings (SSSR count). The summed E-state index contributed by atoms with van der Waals surface area (Å²) in [5, 5.41) is 21.5. The molecule has 0 saturated carbocycles. The molecule has 1 aliphatic rings. The molecule has 0 saturated heterocycles. The number of carbonyl (C=O) groups excluding carboxylic acids is 1. The second kappa shape index (κ2) is 7.46. The molecule has 8 heteroatoms. The molecule has 2 atom stereocenters. The summed E-state index contributed by atoms with van der Waals surface area (Å²) in [5.74, 6) is -0.0977. The third kappa shape index (κ3) is 3.07. The van der Waals surface area contributed by atoms with E-state index in [1.165, 1.54) is 11.9 Å². The lowest BCUT2D eigenvalue weighted by atomic mass is 9.92. The summed E-state index contributed by atoms with van der Waals surface area (Å²) < 4.78 is 0. The number of nitrogens with one attached hydrogen (secondary N) is 1. The van der Waals surface area contributed by atoms with Crippen LogP contribution in [0, 0.1) is 0 Å². The van der Waals surface area contributed by atoms with E-state index in [1.54, 1.807) is 42.5 Å². The highest BCUT2D eigenvalue weighted by Gasteiger charge is 2.52. The summed E-state index contributed by atoms with van der Waals surface area (Å²) in [6.07, 6.45) is -1.15. The smallest absolute Gasteiger partial charge is 0.413 e. The standard InChI is InChI=1S/C25H22N4O4/c1-15(16-8-4-3-5-9-16)29-22(30)18-10-6-7-11-19(18)25(29,33)17-12-13-20-21(14-17)27-23(26-20)28(2)24(31)32/h3-15,33H,1-2H3,(H,26,27)(H,31,32)/t15-,25?/m0/s1. The van der Waals surface area contributed by atoms with Crippen molar-refractivity contribution in [3.05, 3.63) is 95.1 Å². The maximum absolute atomic E-state index is 13.5. The largest absolute Gasteiger partial charge is 0.465 e. The molecule has 166 valence electrons. The number of hydrogen-bond donors (Lipinski definition) is 3. The van der Waals surface area contributed by atoms with Gasteiger partial charge in [-0.15, -0.1) is 0 Å². The maximum Gasteiger partial charge on any atom is 0.413 e. The Hall–Kier alpha value is -4.17. The molecule has 0 radical (unpaired) electrons. The van der Waals surface area contributed by atoms with Crippen molar-refractivity contribution in [1.29, 1.82) is 0 Å². The summed E-state index contributed by atoms with van der Waals surface area (Å²) in [6, 6.07) is 21.3. The van der Waals surface area contributed by atoms with Gasteiger partial charge in [-0.2, -0.15) is 0 Å². The molecular formula is C25H22N4O4. The number of fused-ring (bicyclic) bond motifs is 2. The van der Waals surface area contributed by atoms with E-state index < -0.39 is 17.9 Å². The fourth-order valence-corrected chi connectivity index (χ4v) is 4.47. The minimum Gasteiger partial charge on any atom is -0.465 e. The zero-order valence-corrected chi connectivity index (χ0v) is 18.1. The minimum atomic E-state index is -1.72. The van der Waals surface area contributed by atoms with E-state index in [0.29, 0.717) is 27.7 Å². The first-order valence-electron chi connectivity index (χ1n) is 10.5. The fraction of sp³-hybridized carbons (Fsp3) is 0.160. The molecule has 0 aliphatic carbocycles. The Kier molecular flexibility index (Phi) is 4.68. The van der Waals surface area contributed by atoms with Crippen LogP contribution in [0.5, 0.6) is 0 Å². The summed E-state index contributed by atoms with van der Waals surface area (Å²) in [7, 11) is 1.39. The van der Waals surface area contributed by atoms with Gasteiger partial charge in [0.1, 0.15) is 0 Å². The Morgan fingerprint density at radius 2 is 1.79 bits per heavy atom. The van der Waals surface area contributed by atoms with Crippen molar-refractivity contribution >= 4 is 29.0 Å². The molecular weight excluding hydrogens is 420 g/mol. The zero-order valence-electron chi connectivity index (χ0n) is 18.1. The van der Waals surface area contributed by atoms with Crippen molar-refractivity contribution in [1.82, 2.24) is 14.9 Å². The van der Waals surface area contributed by atoms with Gasteiger partial charge in [0.25, 0.3) is 5.91 Å². The first kappa shape index (κ1) is 20.7. The van der Waals surface area contributed by atoms with E-state index >= 15 is 0 Å². The van der Waals surface area contributed by atoms with Crippen LogP contribution in [0.25, 0.3) is 11.0 Å². The Labute approximate surface area is 189 Å². The summed E-state index contributed by atoms with van der Waals surface area (Å²) in [5.41, 5.74) is 1.69. The number of aromatic amines is 1. The molecule has 4 aromatic rings. The number of H-pyrrole nitrogens is 1. The van der Waals surface area contributed by atoms with Crippen LogP contribution in [0.15, 0.2) is 72.8 Å². The summed E-state index contributed by atoms with van der Waals surface area (Å²) >= 11 is 0. The number of carboxylic acid groups (broad SMARTS) is 1. The van der Waals surface area contributed by atoms with Gasteiger partial charge in [-0.1, -0.05) is 54.6 Å². The third-order valence-corrected chi connectivity index (χ3v) is 6.25. The molecule has 2 heterocycles. The van der Waals surface area contributed by atoms with E-state index in [4.69, 9.17) is 0 Å². The predicted octanol–water partition coefficient (Wildman–Crippen LogP) is 4.09. The number of carbonyl (C=O) groups is 2. The SMILES string of the molecule is C[C@@H](c1ccccc1)N1C(=O)c2ccccc2C1(O)c1ccc2nc(N(C)C(=O)O)[nH]c2c1. The highest BCUT2D eigenvalue weighted by Crippen LogP contribution is 2.47. The Morgan fingerprint density at radius 3 is 2.52 bits per heavy atom. The van der Waals surface area contributed by atoms with E-state index in [-0.39, 0.29) is 11.9 Å². The van der Waals surface area contributed by atoms with Gasteiger partial charge in [0, 0.05) is 23.7 Å². The zero-order chi connectivity index (χ0) is 23.3. The van der Waals surface area contributed by atoms with Gasteiger partial charge in [-0.3, -0.25) is 14.6 Å². The second-order valence-corrected chi connectivity index (χ2v) is 8.11. The monoisotopic (exact) mass is 442 g/mol. The highest BCUT2D eigenvalue weighted by molar-refractivity contribution is 6.01. The van der Waals surface area contributed by atoms with Crippen LogP contribution in [0.1, 0.15) is 40.0 Å². The number of hydrogen-bond acceptors (Lipinski definition) is 4. The minimum absolute atomic E-state index is 0.166. The number of anilines is 1. The lowest BCUT2D eigenvalue weighted by Crippen LogP contribution is -2.46. The summed E-state index contributed by atoms with van der Waals surface area (Å²) in [4.78, 5) is 34.6. The van der Waals surface area contributed by atoms with Crippen molar-refractivity contribution in [3.8, 4) is 0 Å². The maximum atomic E-state index is 13.5. The second-order valence-electron chi connectivity index (χ2n) is 8.11. The molecule has 33 heavy (non-hydrogen) atoms. The number of nitrogens with zero attached hydrogens (tertiary/aromatic N) is 3. The number of aromatic nitrogens is 2. The lowest BCUT2D eigenvalue weighted by Gasteiger charge is -2.39. The Morgan fingerprint density at radius 1 is 1.09 bits per heavy atom. The van der Waals surface area contributed by atoms with Crippen molar-refractivity contribution in [3.63, 3.8) is 0 Å². The molecule has 3 aromatic carbocycles. The van der Waals surface area contributed by atoms with E-state index in [2.05, 4.69) is 9.97 Å². The highest BCUT2D eigenvalue weighted by atomic mass is 16.4.